The fourth-order valence-electron chi connectivity index (χ4n) is 1.42. The Morgan fingerprint density at radius 2 is 1.94 bits per heavy atom. The van der Waals surface area contributed by atoms with E-state index < -0.39 is 11.7 Å². The van der Waals surface area contributed by atoms with Gasteiger partial charge in [0, 0.05) is 6.04 Å². The number of benzene rings is 1. The zero-order valence-corrected chi connectivity index (χ0v) is 9.84. The van der Waals surface area contributed by atoms with Crippen LogP contribution < -0.4 is 10.1 Å². The van der Waals surface area contributed by atoms with Crippen molar-refractivity contribution in [1.29, 1.82) is 0 Å². The Bertz CT molecular complexity index is 348. The van der Waals surface area contributed by atoms with Gasteiger partial charge in [-0.2, -0.15) is 13.2 Å². The normalized spacial score (nSPS) is 13.5. The van der Waals surface area contributed by atoms with Gasteiger partial charge in [-0.15, -0.1) is 0 Å². The molecule has 1 aromatic carbocycles. The molecular formula is C12H16F3NO. The van der Waals surface area contributed by atoms with Crippen molar-refractivity contribution in [3.8, 4) is 5.75 Å². The molecule has 5 heteroatoms. The molecule has 0 heterocycles. The van der Waals surface area contributed by atoms with E-state index in [0.717, 1.165) is 12.5 Å². The Balaban J connectivity index is 2.77. The molecule has 1 N–H and O–H groups in total. The predicted octanol–water partition coefficient (Wildman–Crippen LogP) is 3.08. The average Bonchev–Trinajstić information content (AvgIpc) is 2.29. The van der Waals surface area contributed by atoms with Crippen molar-refractivity contribution in [3.05, 3.63) is 29.8 Å². The van der Waals surface area contributed by atoms with Gasteiger partial charge in [0.05, 0.1) is 5.56 Å². The Hall–Kier alpha value is -1.23. The van der Waals surface area contributed by atoms with Crippen molar-refractivity contribution < 1.29 is 17.9 Å². The number of nitrogens with one attached hydrogen (secondary N) is 1. The van der Waals surface area contributed by atoms with Crippen molar-refractivity contribution >= 4 is 0 Å². The zero-order valence-electron chi connectivity index (χ0n) is 9.84. The van der Waals surface area contributed by atoms with Crippen LogP contribution in [0.15, 0.2) is 24.3 Å². The highest BCUT2D eigenvalue weighted by Crippen LogP contribution is 2.35. The van der Waals surface area contributed by atoms with Crippen LogP contribution in [0.5, 0.6) is 5.75 Å². The molecule has 0 spiro atoms. The first-order valence-corrected chi connectivity index (χ1v) is 5.45. The van der Waals surface area contributed by atoms with E-state index >= 15 is 0 Å². The number of halogens is 3. The summed E-state index contributed by atoms with van der Waals surface area (Å²) in [4.78, 5) is 0. The van der Waals surface area contributed by atoms with Gasteiger partial charge in [0.15, 0.2) is 0 Å². The number of likely N-dealkylation sites (N-methyl/N-ethyl adjacent to an activating group) is 1. The standard InChI is InChI=1S/C12H16F3NO/c1-3-9(16-2)8-17-11-7-5-4-6-10(11)12(13,14)15/h4-7,9,16H,3,8H2,1-2H3. The molecule has 1 aromatic rings. The summed E-state index contributed by atoms with van der Waals surface area (Å²) in [5, 5.41) is 2.97. The van der Waals surface area contributed by atoms with E-state index in [4.69, 9.17) is 4.74 Å². The van der Waals surface area contributed by atoms with Gasteiger partial charge >= 0.3 is 6.18 Å². The van der Waals surface area contributed by atoms with E-state index in [0.29, 0.717) is 0 Å². The van der Waals surface area contributed by atoms with E-state index in [9.17, 15) is 13.2 Å². The van der Waals surface area contributed by atoms with Gasteiger partial charge in [0.25, 0.3) is 0 Å². The molecular weight excluding hydrogens is 231 g/mol. The van der Waals surface area contributed by atoms with E-state index in [1.54, 1.807) is 7.05 Å². The lowest BCUT2D eigenvalue weighted by Gasteiger charge is -2.17. The first kappa shape index (κ1) is 13.8. The van der Waals surface area contributed by atoms with Gasteiger partial charge in [0.2, 0.25) is 0 Å². The minimum atomic E-state index is -4.38. The maximum atomic E-state index is 12.6. The van der Waals surface area contributed by atoms with E-state index in [1.165, 1.54) is 18.2 Å². The number of rotatable bonds is 5. The van der Waals surface area contributed by atoms with Crippen LogP contribution >= 0.6 is 0 Å². The van der Waals surface area contributed by atoms with Gasteiger partial charge in [-0.3, -0.25) is 0 Å². The minimum Gasteiger partial charge on any atom is -0.491 e. The van der Waals surface area contributed by atoms with Crippen molar-refractivity contribution in [2.75, 3.05) is 13.7 Å². The third-order valence-electron chi connectivity index (χ3n) is 2.53. The van der Waals surface area contributed by atoms with Crippen LogP contribution in [0.1, 0.15) is 18.9 Å². The molecule has 1 unspecified atom stereocenters. The molecule has 0 radical (unpaired) electrons. The summed E-state index contributed by atoms with van der Waals surface area (Å²) >= 11 is 0. The van der Waals surface area contributed by atoms with E-state index in [2.05, 4.69) is 5.32 Å². The molecule has 0 aliphatic rings. The highest BCUT2D eigenvalue weighted by molar-refractivity contribution is 5.35. The highest BCUT2D eigenvalue weighted by atomic mass is 19.4. The fraction of sp³-hybridized carbons (Fsp3) is 0.500. The van der Waals surface area contributed by atoms with Crippen molar-refractivity contribution in [2.24, 2.45) is 0 Å². The molecule has 0 fully saturated rings. The molecule has 0 aliphatic carbocycles. The largest absolute Gasteiger partial charge is 0.491 e. The number of ether oxygens (including phenoxy) is 1. The molecule has 1 rings (SSSR count). The Morgan fingerprint density at radius 1 is 1.29 bits per heavy atom. The molecule has 0 saturated carbocycles. The second kappa shape index (κ2) is 5.91. The molecule has 0 aliphatic heterocycles. The maximum Gasteiger partial charge on any atom is 0.419 e. The second-order valence-corrected chi connectivity index (χ2v) is 3.70. The predicted molar refractivity (Wildman–Crippen MR) is 60.1 cm³/mol. The first-order valence-electron chi connectivity index (χ1n) is 5.45. The van der Waals surface area contributed by atoms with Crippen molar-refractivity contribution in [3.63, 3.8) is 0 Å². The molecule has 17 heavy (non-hydrogen) atoms. The quantitative estimate of drug-likeness (QED) is 0.863. The van der Waals surface area contributed by atoms with E-state index in [1.807, 2.05) is 6.92 Å². The van der Waals surface area contributed by atoms with Crippen LogP contribution in [-0.4, -0.2) is 19.7 Å². The fourth-order valence-corrected chi connectivity index (χ4v) is 1.42. The topological polar surface area (TPSA) is 21.3 Å². The molecule has 2 nitrogen and oxygen atoms in total. The van der Waals surface area contributed by atoms with Gasteiger partial charge in [-0.05, 0) is 25.6 Å². The van der Waals surface area contributed by atoms with Crippen LogP contribution in [0.3, 0.4) is 0 Å². The van der Waals surface area contributed by atoms with Crippen molar-refractivity contribution in [2.45, 2.75) is 25.6 Å². The van der Waals surface area contributed by atoms with Crippen LogP contribution in [0.25, 0.3) is 0 Å². The van der Waals surface area contributed by atoms with Crippen LogP contribution in [0, 0.1) is 0 Å². The van der Waals surface area contributed by atoms with Crippen LogP contribution in [-0.2, 0) is 6.18 Å². The zero-order chi connectivity index (χ0) is 12.9. The Labute approximate surface area is 98.8 Å². The molecule has 0 bridgehead atoms. The summed E-state index contributed by atoms with van der Waals surface area (Å²) in [5.74, 6) is -0.117. The Kier molecular flexibility index (Phi) is 4.81. The highest BCUT2D eigenvalue weighted by Gasteiger charge is 2.34. The summed E-state index contributed by atoms with van der Waals surface area (Å²) in [7, 11) is 1.76. The van der Waals surface area contributed by atoms with Gasteiger partial charge in [0.1, 0.15) is 12.4 Å². The number of hydrogen-bond acceptors (Lipinski definition) is 2. The van der Waals surface area contributed by atoms with Crippen LogP contribution in [0.2, 0.25) is 0 Å². The molecule has 0 saturated heterocycles. The number of alkyl halides is 3. The SMILES string of the molecule is CCC(COc1ccccc1C(F)(F)F)NC. The maximum absolute atomic E-state index is 12.6. The lowest BCUT2D eigenvalue weighted by molar-refractivity contribution is -0.139. The summed E-state index contributed by atoms with van der Waals surface area (Å²) in [6.07, 6.45) is -3.58. The lowest BCUT2D eigenvalue weighted by Crippen LogP contribution is -2.31. The van der Waals surface area contributed by atoms with Gasteiger partial charge in [-0.25, -0.2) is 0 Å². The third-order valence-corrected chi connectivity index (χ3v) is 2.53. The molecule has 0 aromatic heterocycles. The first-order chi connectivity index (χ1) is 7.99. The summed E-state index contributed by atoms with van der Waals surface area (Å²) in [6.45, 7) is 2.17. The average molecular weight is 247 g/mol. The lowest BCUT2D eigenvalue weighted by atomic mass is 10.2. The van der Waals surface area contributed by atoms with Crippen molar-refractivity contribution in [1.82, 2.24) is 5.32 Å². The molecule has 96 valence electrons. The summed E-state index contributed by atoms with van der Waals surface area (Å²) < 4.78 is 43.1. The Morgan fingerprint density at radius 3 is 2.47 bits per heavy atom. The number of hydrogen-bond donors (Lipinski definition) is 1. The van der Waals surface area contributed by atoms with E-state index in [-0.39, 0.29) is 18.4 Å². The minimum absolute atomic E-state index is 0.0521. The van der Waals surface area contributed by atoms with Gasteiger partial charge in [-0.1, -0.05) is 19.1 Å². The monoisotopic (exact) mass is 247 g/mol. The number of para-hydroxylation sites is 1. The summed E-state index contributed by atoms with van der Waals surface area (Å²) in [6, 6.07) is 5.30. The smallest absolute Gasteiger partial charge is 0.419 e. The molecule has 1 atom stereocenters. The second-order valence-electron chi connectivity index (χ2n) is 3.70. The third kappa shape index (κ3) is 3.93. The van der Waals surface area contributed by atoms with Gasteiger partial charge < -0.3 is 10.1 Å². The van der Waals surface area contributed by atoms with Crippen LogP contribution in [0.4, 0.5) is 13.2 Å². The molecule has 0 amide bonds. The summed E-state index contributed by atoms with van der Waals surface area (Å²) in [5.41, 5.74) is -0.731.